The zero-order chi connectivity index (χ0) is 26.6. The predicted molar refractivity (Wildman–Crippen MR) is 145 cm³/mol. The number of nitrogens with zero attached hydrogens (tertiary/aromatic N) is 4. The fourth-order valence-electron chi connectivity index (χ4n) is 5.27. The number of aryl methyl sites for hydroxylation is 2. The van der Waals surface area contributed by atoms with Crippen LogP contribution in [0.2, 0.25) is 0 Å². The Kier molecular flexibility index (Phi) is 9.22. The highest BCUT2D eigenvalue weighted by molar-refractivity contribution is 7.93. The zero-order valence-corrected chi connectivity index (χ0v) is 23.7. The average Bonchev–Trinajstić information content (AvgIpc) is 3.06. The molecule has 2 heterocycles. The average molecular weight is 518 g/mol. The molecule has 0 bridgehead atoms. The Morgan fingerprint density at radius 2 is 1.75 bits per heavy atom. The zero-order valence-electron chi connectivity index (χ0n) is 22.9. The third kappa shape index (κ3) is 6.68. The van der Waals surface area contributed by atoms with Crippen LogP contribution in [-0.2, 0) is 21.9 Å². The molecule has 36 heavy (non-hydrogen) atoms. The maximum Gasteiger partial charge on any atom is 0.268 e. The summed E-state index contributed by atoms with van der Waals surface area (Å²) in [5, 5.41) is 7.23. The second kappa shape index (κ2) is 11.8. The van der Waals surface area contributed by atoms with Gasteiger partial charge in [0.2, 0.25) is 5.91 Å². The molecular formula is C27H43N5O3S. The number of nitrogens with one attached hydrogen (secondary N) is 1. The Labute approximate surface area is 217 Å². The molecule has 8 nitrogen and oxygen atoms in total. The Hall–Kier alpha value is -2.39. The van der Waals surface area contributed by atoms with Gasteiger partial charge in [-0.1, -0.05) is 39.8 Å². The molecule has 0 unspecified atom stereocenters. The second-order valence-corrected chi connectivity index (χ2v) is 12.6. The molecule has 1 aliphatic heterocycles. The summed E-state index contributed by atoms with van der Waals surface area (Å²) in [5.74, 6) is 1.40. The van der Waals surface area contributed by atoms with Gasteiger partial charge in [0.05, 0.1) is 17.1 Å². The van der Waals surface area contributed by atoms with Crippen molar-refractivity contribution < 1.29 is 13.2 Å². The van der Waals surface area contributed by atoms with Crippen LogP contribution in [0.3, 0.4) is 0 Å². The number of sulfonamides is 1. The van der Waals surface area contributed by atoms with Crippen molar-refractivity contribution in [2.75, 3.05) is 37.0 Å². The van der Waals surface area contributed by atoms with E-state index in [-0.39, 0.29) is 17.3 Å². The SMILES string of the molecule is Cc1nn(C)c(C)c1S(=O)(=O)N(CC(=O)NCCCN1C[C@H](C)C[C@H](C)C1)c1ccc(C(C)C)cc1. The summed E-state index contributed by atoms with van der Waals surface area (Å²) in [6.45, 7) is 15.5. The number of piperidine rings is 1. The molecule has 1 aromatic carbocycles. The Morgan fingerprint density at radius 1 is 1.14 bits per heavy atom. The molecule has 1 aromatic heterocycles. The van der Waals surface area contributed by atoms with Crippen molar-refractivity contribution in [2.24, 2.45) is 18.9 Å². The molecule has 0 aliphatic carbocycles. The lowest BCUT2D eigenvalue weighted by Gasteiger charge is -2.34. The van der Waals surface area contributed by atoms with E-state index in [9.17, 15) is 13.2 Å². The first-order valence-electron chi connectivity index (χ1n) is 13.0. The third-order valence-electron chi connectivity index (χ3n) is 7.04. The van der Waals surface area contributed by atoms with E-state index in [1.165, 1.54) is 10.7 Å². The maximum absolute atomic E-state index is 13.8. The number of hydrogen-bond acceptors (Lipinski definition) is 5. The first-order valence-corrected chi connectivity index (χ1v) is 14.5. The highest BCUT2D eigenvalue weighted by Crippen LogP contribution is 2.29. The number of hydrogen-bond donors (Lipinski definition) is 1. The quantitative estimate of drug-likeness (QED) is 0.484. The van der Waals surface area contributed by atoms with Crippen molar-refractivity contribution in [3.63, 3.8) is 0 Å². The van der Waals surface area contributed by atoms with Crippen LogP contribution in [0.25, 0.3) is 0 Å². The summed E-state index contributed by atoms with van der Waals surface area (Å²) < 4.78 is 30.4. The van der Waals surface area contributed by atoms with Crippen molar-refractivity contribution >= 4 is 21.6 Å². The minimum atomic E-state index is -4.00. The Morgan fingerprint density at radius 3 is 2.28 bits per heavy atom. The molecule has 1 saturated heterocycles. The molecule has 200 valence electrons. The number of anilines is 1. The highest BCUT2D eigenvalue weighted by atomic mass is 32.2. The van der Waals surface area contributed by atoms with E-state index in [0.29, 0.717) is 41.4 Å². The van der Waals surface area contributed by atoms with E-state index < -0.39 is 10.0 Å². The summed E-state index contributed by atoms with van der Waals surface area (Å²) >= 11 is 0. The Bertz CT molecular complexity index is 1130. The monoisotopic (exact) mass is 517 g/mol. The van der Waals surface area contributed by atoms with Gasteiger partial charge in [-0.05, 0) is 68.7 Å². The van der Waals surface area contributed by atoms with E-state index in [4.69, 9.17) is 0 Å². The van der Waals surface area contributed by atoms with Crippen LogP contribution >= 0.6 is 0 Å². The first kappa shape index (κ1) is 28.2. The first-order chi connectivity index (χ1) is 16.9. The number of rotatable bonds is 10. The lowest BCUT2D eigenvalue weighted by Crippen LogP contribution is -2.43. The van der Waals surface area contributed by atoms with Gasteiger partial charge in [0.15, 0.2) is 0 Å². The minimum Gasteiger partial charge on any atom is -0.354 e. The summed E-state index contributed by atoms with van der Waals surface area (Å²) in [4.78, 5) is 15.6. The molecule has 2 atom stereocenters. The van der Waals surface area contributed by atoms with Gasteiger partial charge in [-0.2, -0.15) is 5.10 Å². The van der Waals surface area contributed by atoms with Crippen LogP contribution in [0, 0.1) is 25.7 Å². The van der Waals surface area contributed by atoms with E-state index in [0.717, 1.165) is 31.6 Å². The van der Waals surface area contributed by atoms with Gasteiger partial charge >= 0.3 is 0 Å². The second-order valence-electron chi connectivity index (χ2n) is 10.8. The van der Waals surface area contributed by atoms with Crippen LogP contribution in [-0.4, -0.2) is 61.7 Å². The topological polar surface area (TPSA) is 87.5 Å². The number of aromatic nitrogens is 2. The standard InChI is InChI=1S/C27H43N5O3S/c1-19(2)24-9-11-25(12-10-24)32(36(34,35)27-22(5)29-30(7)23(27)6)18-26(33)28-13-8-14-31-16-20(3)15-21(4)17-31/h9-12,19-21H,8,13-18H2,1-7H3,(H,28,33)/t20-,21+. The van der Waals surface area contributed by atoms with Crippen LogP contribution in [0.1, 0.15) is 63.4 Å². The summed E-state index contributed by atoms with van der Waals surface area (Å²) in [6.07, 6.45) is 2.10. The van der Waals surface area contributed by atoms with Crippen LogP contribution < -0.4 is 9.62 Å². The maximum atomic E-state index is 13.8. The molecule has 2 aromatic rings. The van der Waals surface area contributed by atoms with Gasteiger partial charge < -0.3 is 10.2 Å². The fraction of sp³-hybridized carbons (Fsp3) is 0.630. The fourth-order valence-corrected chi connectivity index (χ4v) is 7.10. The van der Waals surface area contributed by atoms with Gasteiger partial charge in [-0.25, -0.2) is 8.42 Å². The summed E-state index contributed by atoms with van der Waals surface area (Å²) in [6, 6.07) is 7.40. The third-order valence-corrected chi connectivity index (χ3v) is 9.07. The van der Waals surface area contributed by atoms with E-state index in [1.807, 2.05) is 12.1 Å². The molecule has 9 heteroatoms. The number of benzene rings is 1. The van der Waals surface area contributed by atoms with Gasteiger partial charge in [0, 0.05) is 26.7 Å². The molecule has 0 radical (unpaired) electrons. The van der Waals surface area contributed by atoms with Gasteiger partial charge in [0.25, 0.3) is 10.0 Å². The molecule has 0 spiro atoms. The Balaban J connectivity index is 1.73. The molecule has 1 fully saturated rings. The van der Waals surface area contributed by atoms with E-state index >= 15 is 0 Å². The molecule has 3 rings (SSSR count). The minimum absolute atomic E-state index is 0.152. The summed E-state index contributed by atoms with van der Waals surface area (Å²) in [7, 11) is -2.28. The molecule has 0 saturated carbocycles. The molecule has 1 aliphatic rings. The summed E-state index contributed by atoms with van der Waals surface area (Å²) in [5.41, 5.74) is 2.54. The van der Waals surface area contributed by atoms with Crippen LogP contribution in [0.4, 0.5) is 5.69 Å². The van der Waals surface area contributed by atoms with E-state index in [2.05, 4.69) is 43.0 Å². The highest BCUT2D eigenvalue weighted by Gasteiger charge is 2.32. The van der Waals surface area contributed by atoms with Crippen LogP contribution in [0.15, 0.2) is 29.2 Å². The number of amides is 1. The van der Waals surface area contributed by atoms with E-state index in [1.54, 1.807) is 37.7 Å². The number of carbonyl (C=O) groups is 1. The van der Waals surface area contributed by atoms with Crippen molar-refractivity contribution in [1.29, 1.82) is 0 Å². The smallest absolute Gasteiger partial charge is 0.268 e. The van der Waals surface area contributed by atoms with Crippen molar-refractivity contribution in [2.45, 2.75) is 65.2 Å². The van der Waals surface area contributed by atoms with Crippen LogP contribution in [0.5, 0.6) is 0 Å². The van der Waals surface area contributed by atoms with Crippen molar-refractivity contribution in [1.82, 2.24) is 20.0 Å². The van der Waals surface area contributed by atoms with Gasteiger partial charge in [-0.15, -0.1) is 0 Å². The lowest BCUT2D eigenvalue weighted by molar-refractivity contribution is -0.119. The van der Waals surface area contributed by atoms with Gasteiger partial charge in [0.1, 0.15) is 11.4 Å². The van der Waals surface area contributed by atoms with Gasteiger partial charge in [-0.3, -0.25) is 13.8 Å². The lowest BCUT2D eigenvalue weighted by atomic mass is 9.92. The predicted octanol–water partition coefficient (Wildman–Crippen LogP) is 3.84. The molecule has 1 N–H and O–H groups in total. The number of carbonyl (C=O) groups excluding carboxylic acids is 1. The molecular weight excluding hydrogens is 474 g/mol. The van der Waals surface area contributed by atoms with Crippen molar-refractivity contribution in [3.05, 3.63) is 41.2 Å². The number of likely N-dealkylation sites (tertiary alicyclic amines) is 1. The van der Waals surface area contributed by atoms with Crippen molar-refractivity contribution in [3.8, 4) is 0 Å². The molecule has 1 amide bonds. The largest absolute Gasteiger partial charge is 0.354 e. The normalized spacial score (nSPS) is 19.0.